The van der Waals surface area contributed by atoms with Crippen LogP contribution in [-0.2, 0) is 0 Å². The maximum absolute atomic E-state index is 11.3. The fraction of sp³-hybridized carbons (Fsp3) is 0.600. The molecule has 2 heterocycles. The number of ether oxygens (including phenoxy) is 1. The fourth-order valence-corrected chi connectivity index (χ4v) is 2.04. The standard InChI is InChI=1S/C10H14BrN3O2/c11-8-9(15)13-6-14-10(8)16-5-7-1-3-12-4-2-7/h6-7,12H,1-5H2,(H,13,14,15). The van der Waals surface area contributed by atoms with E-state index in [1.54, 1.807) is 0 Å². The van der Waals surface area contributed by atoms with E-state index in [0.717, 1.165) is 25.9 Å². The van der Waals surface area contributed by atoms with Crippen LogP contribution in [0.15, 0.2) is 15.6 Å². The summed E-state index contributed by atoms with van der Waals surface area (Å²) in [5.41, 5.74) is -0.213. The highest BCUT2D eigenvalue weighted by molar-refractivity contribution is 9.10. The Morgan fingerprint density at radius 2 is 2.25 bits per heavy atom. The second kappa shape index (κ2) is 5.45. The quantitative estimate of drug-likeness (QED) is 0.867. The molecule has 1 aromatic heterocycles. The van der Waals surface area contributed by atoms with Gasteiger partial charge in [-0.25, -0.2) is 4.98 Å². The number of hydrogen-bond donors (Lipinski definition) is 2. The molecule has 0 saturated carbocycles. The average Bonchev–Trinajstić information content (AvgIpc) is 2.32. The number of halogens is 1. The molecule has 1 saturated heterocycles. The predicted molar refractivity (Wildman–Crippen MR) is 63.6 cm³/mol. The summed E-state index contributed by atoms with van der Waals surface area (Å²) in [6.45, 7) is 2.70. The van der Waals surface area contributed by atoms with Gasteiger partial charge in [-0.3, -0.25) is 4.79 Å². The molecular formula is C10H14BrN3O2. The molecule has 16 heavy (non-hydrogen) atoms. The second-order valence-electron chi connectivity index (χ2n) is 3.86. The normalized spacial score (nSPS) is 17.3. The van der Waals surface area contributed by atoms with Crippen molar-refractivity contribution >= 4 is 15.9 Å². The van der Waals surface area contributed by atoms with Crippen molar-refractivity contribution in [2.45, 2.75) is 12.8 Å². The van der Waals surface area contributed by atoms with Gasteiger partial charge in [0, 0.05) is 0 Å². The molecule has 0 atom stereocenters. The van der Waals surface area contributed by atoms with Gasteiger partial charge in [0.15, 0.2) is 0 Å². The molecule has 2 rings (SSSR count). The zero-order valence-electron chi connectivity index (χ0n) is 8.83. The molecule has 0 aliphatic carbocycles. The number of nitrogens with one attached hydrogen (secondary N) is 2. The van der Waals surface area contributed by atoms with Crippen LogP contribution in [0.3, 0.4) is 0 Å². The highest BCUT2D eigenvalue weighted by atomic mass is 79.9. The zero-order valence-corrected chi connectivity index (χ0v) is 10.4. The van der Waals surface area contributed by atoms with Crippen molar-refractivity contribution < 1.29 is 4.74 Å². The van der Waals surface area contributed by atoms with E-state index in [9.17, 15) is 4.79 Å². The SMILES string of the molecule is O=c1[nH]cnc(OCC2CCNCC2)c1Br. The molecule has 0 aromatic carbocycles. The molecule has 1 aliphatic heterocycles. The Hall–Kier alpha value is -0.880. The molecule has 0 bridgehead atoms. The number of nitrogens with zero attached hydrogens (tertiary/aromatic N) is 1. The monoisotopic (exact) mass is 287 g/mol. The van der Waals surface area contributed by atoms with Gasteiger partial charge in [0.1, 0.15) is 4.47 Å². The van der Waals surface area contributed by atoms with Crippen molar-refractivity contribution in [1.29, 1.82) is 0 Å². The van der Waals surface area contributed by atoms with Crippen molar-refractivity contribution in [3.05, 3.63) is 21.2 Å². The van der Waals surface area contributed by atoms with Gasteiger partial charge in [-0.2, -0.15) is 0 Å². The molecular weight excluding hydrogens is 274 g/mol. The minimum Gasteiger partial charge on any atom is -0.476 e. The Morgan fingerprint density at radius 1 is 1.50 bits per heavy atom. The Labute approximate surface area is 102 Å². The zero-order chi connectivity index (χ0) is 11.4. The number of aromatic amines is 1. The van der Waals surface area contributed by atoms with E-state index in [-0.39, 0.29) is 5.56 Å². The Bertz CT molecular complexity index is 401. The topological polar surface area (TPSA) is 67.0 Å². The van der Waals surface area contributed by atoms with Crippen molar-refractivity contribution in [2.24, 2.45) is 5.92 Å². The number of rotatable bonds is 3. The van der Waals surface area contributed by atoms with Gasteiger partial charge in [0.25, 0.3) is 5.56 Å². The number of piperidine rings is 1. The van der Waals surface area contributed by atoms with Crippen LogP contribution >= 0.6 is 15.9 Å². The van der Waals surface area contributed by atoms with Crippen LogP contribution in [-0.4, -0.2) is 29.7 Å². The summed E-state index contributed by atoms with van der Waals surface area (Å²) in [5.74, 6) is 0.927. The molecule has 0 amide bonds. The summed E-state index contributed by atoms with van der Waals surface area (Å²) in [5, 5.41) is 3.30. The molecule has 1 fully saturated rings. The third-order valence-corrected chi connectivity index (χ3v) is 3.38. The van der Waals surface area contributed by atoms with E-state index in [1.165, 1.54) is 6.33 Å². The largest absolute Gasteiger partial charge is 0.476 e. The number of H-pyrrole nitrogens is 1. The molecule has 1 aromatic rings. The summed E-state index contributed by atoms with van der Waals surface area (Å²) in [6.07, 6.45) is 3.58. The average molecular weight is 288 g/mol. The second-order valence-corrected chi connectivity index (χ2v) is 4.65. The van der Waals surface area contributed by atoms with E-state index in [2.05, 4.69) is 31.2 Å². The molecule has 6 heteroatoms. The van der Waals surface area contributed by atoms with Crippen LogP contribution in [0.5, 0.6) is 5.88 Å². The van der Waals surface area contributed by atoms with E-state index in [4.69, 9.17) is 4.74 Å². The smallest absolute Gasteiger partial charge is 0.268 e. The molecule has 0 radical (unpaired) electrons. The van der Waals surface area contributed by atoms with Crippen molar-refractivity contribution in [1.82, 2.24) is 15.3 Å². The lowest BCUT2D eigenvalue weighted by Gasteiger charge is -2.22. The van der Waals surface area contributed by atoms with Gasteiger partial charge >= 0.3 is 0 Å². The van der Waals surface area contributed by atoms with Gasteiger partial charge in [-0.15, -0.1) is 0 Å². The van der Waals surface area contributed by atoms with Crippen LogP contribution in [0.2, 0.25) is 0 Å². The molecule has 0 unspecified atom stereocenters. The van der Waals surface area contributed by atoms with Gasteiger partial charge in [-0.1, -0.05) is 0 Å². The Morgan fingerprint density at radius 3 is 3.00 bits per heavy atom. The lowest BCUT2D eigenvalue weighted by atomic mass is 9.99. The fourth-order valence-electron chi connectivity index (χ4n) is 1.71. The van der Waals surface area contributed by atoms with E-state index < -0.39 is 0 Å². The number of aromatic nitrogens is 2. The summed E-state index contributed by atoms with van der Waals surface area (Å²) in [6, 6.07) is 0. The third kappa shape index (κ3) is 2.82. The van der Waals surface area contributed by atoms with Crippen LogP contribution in [0.25, 0.3) is 0 Å². The summed E-state index contributed by atoms with van der Waals surface area (Å²) >= 11 is 3.16. The first kappa shape index (κ1) is 11.6. The molecule has 5 nitrogen and oxygen atoms in total. The van der Waals surface area contributed by atoms with Crippen LogP contribution in [0.4, 0.5) is 0 Å². The maximum atomic E-state index is 11.3. The minimum atomic E-state index is -0.213. The van der Waals surface area contributed by atoms with Crippen LogP contribution in [0, 0.1) is 5.92 Å². The molecule has 0 spiro atoms. The summed E-state index contributed by atoms with van der Waals surface area (Å²) in [7, 11) is 0. The lowest BCUT2D eigenvalue weighted by molar-refractivity contribution is 0.207. The predicted octanol–water partition coefficient (Wildman–Crippen LogP) is 0.911. The first-order chi connectivity index (χ1) is 7.77. The van der Waals surface area contributed by atoms with Crippen LogP contribution < -0.4 is 15.6 Å². The lowest BCUT2D eigenvalue weighted by Crippen LogP contribution is -2.30. The molecule has 1 aliphatic rings. The van der Waals surface area contributed by atoms with Gasteiger partial charge in [-0.05, 0) is 47.8 Å². The first-order valence-corrected chi connectivity index (χ1v) is 6.13. The maximum Gasteiger partial charge on any atom is 0.268 e. The third-order valence-electron chi connectivity index (χ3n) is 2.68. The number of hydrogen-bond acceptors (Lipinski definition) is 4. The molecule has 88 valence electrons. The van der Waals surface area contributed by atoms with Crippen molar-refractivity contribution in [2.75, 3.05) is 19.7 Å². The first-order valence-electron chi connectivity index (χ1n) is 5.34. The molecule has 2 N–H and O–H groups in total. The Kier molecular flexibility index (Phi) is 3.95. The van der Waals surface area contributed by atoms with Gasteiger partial charge in [0.2, 0.25) is 5.88 Å². The highest BCUT2D eigenvalue weighted by Crippen LogP contribution is 2.19. The summed E-state index contributed by atoms with van der Waals surface area (Å²) < 4.78 is 5.92. The highest BCUT2D eigenvalue weighted by Gasteiger charge is 2.15. The van der Waals surface area contributed by atoms with Gasteiger partial charge < -0.3 is 15.0 Å². The minimum absolute atomic E-state index is 0.213. The van der Waals surface area contributed by atoms with E-state index in [0.29, 0.717) is 22.9 Å². The van der Waals surface area contributed by atoms with E-state index in [1.807, 2.05) is 0 Å². The van der Waals surface area contributed by atoms with Crippen LogP contribution in [0.1, 0.15) is 12.8 Å². The summed E-state index contributed by atoms with van der Waals surface area (Å²) in [4.78, 5) is 17.7. The van der Waals surface area contributed by atoms with Crippen molar-refractivity contribution in [3.8, 4) is 5.88 Å². The van der Waals surface area contributed by atoms with E-state index >= 15 is 0 Å². The Balaban J connectivity index is 1.93. The van der Waals surface area contributed by atoms with Crippen molar-refractivity contribution in [3.63, 3.8) is 0 Å². The van der Waals surface area contributed by atoms with Gasteiger partial charge in [0.05, 0.1) is 12.9 Å².